The molecule has 0 aliphatic heterocycles. The van der Waals surface area contributed by atoms with Gasteiger partial charge in [-0.25, -0.2) is 9.78 Å². The molecule has 3 heterocycles. The third-order valence-corrected chi connectivity index (χ3v) is 6.26. The van der Waals surface area contributed by atoms with Crippen LogP contribution in [0.25, 0.3) is 32.9 Å². The molecule has 5 rings (SSSR count). The van der Waals surface area contributed by atoms with Gasteiger partial charge in [0.2, 0.25) is 5.88 Å². The number of carboxylic acid groups (broad SMARTS) is 1. The van der Waals surface area contributed by atoms with E-state index in [-0.39, 0.29) is 5.88 Å². The van der Waals surface area contributed by atoms with Crippen molar-refractivity contribution in [3.8, 4) is 17.0 Å². The molecule has 5 aromatic rings. The number of aromatic nitrogens is 3. The summed E-state index contributed by atoms with van der Waals surface area (Å²) in [5.41, 5.74) is 5.88. The van der Waals surface area contributed by atoms with E-state index < -0.39 is 6.16 Å². The smallest absolute Gasteiger partial charge is 0.449 e. The minimum absolute atomic E-state index is 0.274. The second-order valence-corrected chi connectivity index (χ2v) is 8.35. The molecular weight excluding hydrogens is 438 g/mol. The summed E-state index contributed by atoms with van der Waals surface area (Å²) in [6.45, 7) is 2.78. The first-order valence-corrected chi connectivity index (χ1v) is 11.1. The fourth-order valence-corrected chi connectivity index (χ4v) is 4.76. The number of rotatable bonds is 6. The lowest BCUT2D eigenvalue weighted by Gasteiger charge is -2.08. The number of hydrogen-bond donors (Lipinski definition) is 2. The lowest BCUT2D eigenvalue weighted by molar-refractivity contribution is 0.142. The molecule has 6 nitrogen and oxygen atoms in total. The van der Waals surface area contributed by atoms with Crippen molar-refractivity contribution in [3.05, 3.63) is 83.3 Å². The number of nitrogens with zero attached hydrogens (tertiary/aromatic N) is 2. The molecule has 0 atom stereocenters. The molecule has 2 N–H and O–H groups in total. The summed E-state index contributed by atoms with van der Waals surface area (Å²) in [4.78, 5) is 18.8. The Hall–Kier alpha value is -3.77. The number of aryl methyl sites for hydroxylation is 3. The highest BCUT2D eigenvalue weighted by atomic mass is 35.5. The Bertz CT molecular complexity index is 1490. The van der Waals surface area contributed by atoms with E-state index >= 15 is 0 Å². The SMILES string of the molecule is Cc1ccccc1-c1cccc2c(CCCn3ccc4ccnc(Cl)c43)c(OC(=O)O)[nH]c12. The summed E-state index contributed by atoms with van der Waals surface area (Å²) in [7, 11) is 0. The fraction of sp³-hybridized carbons (Fsp3) is 0.154. The van der Waals surface area contributed by atoms with Crippen molar-refractivity contribution in [3.63, 3.8) is 0 Å². The Kier molecular flexibility index (Phi) is 5.52. The Balaban J connectivity index is 1.50. The maximum atomic E-state index is 11.4. The Morgan fingerprint density at radius 2 is 1.94 bits per heavy atom. The van der Waals surface area contributed by atoms with Crippen LogP contribution in [0.1, 0.15) is 17.5 Å². The molecule has 7 heteroatoms. The van der Waals surface area contributed by atoms with Crippen LogP contribution in [-0.2, 0) is 13.0 Å². The van der Waals surface area contributed by atoms with Crippen molar-refractivity contribution < 1.29 is 14.6 Å². The molecule has 0 saturated heterocycles. The number of ether oxygens (including phenoxy) is 1. The molecule has 0 spiro atoms. The second-order valence-electron chi connectivity index (χ2n) is 8.00. The zero-order valence-electron chi connectivity index (χ0n) is 18.0. The van der Waals surface area contributed by atoms with E-state index in [1.165, 1.54) is 0 Å². The Labute approximate surface area is 195 Å². The van der Waals surface area contributed by atoms with Gasteiger partial charge in [-0.1, -0.05) is 54.1 Å². The average Bonchev–Trinajstić information content (AvgIpc) is 3.36. The van der Waals surface area contributed by atoms with Crippen molar-refractivity contribution in [2.24, 2.45) is 0 Å². The first-order valence-electron chi connectivity index (χ1n) is 10.7. The molecule has 166 valence electrons. The zero-order chi connectivity index (χ0) is 22.9. The molecule has 2 aromatic carbocycles. The normalized spacial score (nSPS) is 11.3. The predicted octanol–water partition coefficient (Wildman–Crippen LogP) is 6.84. The highest BCUT2D eigenvalue weighted by Gasteiger charge is 2.18. The highest BCUT2D eigenvalue weighted by Crippen LogP contribution is 2.37. The molecule has 0 amide bonds. The van der Waals surface area contributed by atoms with E-state index in [0.717, 1.165) is 50.5 Å². The first kappa shape index (κ1) is 21.1. The number of para-hydroxylation sites is 1. The molecule has 0 fully saturated rings. The monoisotopic (exact) mass is 459 g/mol. The number of H-pyrrole nitrogens is 1. The highest BCUT2D eigenvalue weighted by molar-refractivity contribution is 6.33. The number of aromatic amines is 1. The van der Waals surface area contributed by atoms with E-state index in [0.29, 0.717) is 18.1 Å². The number of benzene rings is 2. The number of hydrogen-bond acceptors (Lipinski definition) is 3. The summed E-state index contributed by atoms with van der Waals surface area (Å²) < 4.78 is 7.23. The van der Waals surface area contributed by atoms with Gasteiger partial charge in [0.1, 0.15) is 0 Å². The Morgan fingerprint density at radius 3 is 2.76 bits per heavy atom. The zero-order valence-corrected chi connectivity index (χ0v) is 18.8. The topological polar surface area (TPSA) is 80.1 Å². The Morgan fingerprint density at radius 1 is 1.12 bits per heavy atom. The first-order chi connectivity index (χ1) is 16.0. The van der Waals surface area contributed by atoms with Crippen molar-refractivity contribution in [2.45, 2.75) is 26.3 Å². The lowest BCUT2D eigenvalue weighted by Crippen LogP contribution is -2.05. The average molecular weight is 460 g/mol. The summed E-state index contributed by atoms with van der Waals surface area (Å²) >= 11 is 6.31. The quantitative estimate of drug-likeness (QED) is 0.215. The fourth-order valence-electron chi connectivity index (χ4n) is 4.49. The minimum atomic E-state index is -1.34. The van der Waals surface area contributed by atoms with Crippen LogP contribution in [0.3, 0.4) is 0 Å². The predicted molar refractivity (Wildman–Crippen MR) is 130 cm³/mol. The van der Waals surface area contributed by atoms with Gasteiger partial charge in [0.05, 0.1) is 11.0 Å². The summed E-state index contributed by atoms with van der Waals surface area (Å²) in [5, 5.41) is 11.8. The van der Waals surface area contributed by atoms with Crippen LogP contribution in [0, 0.1) is 6.92 Å². The molecule has 3 aromatic heterocycles. The van der Waals surface area contributed by atoms with Gasteiger partial charge < -0.3 is 19.4 Å². The number of fused-ring (bicyclic) bond motifs is 2. The van der Waals surface area contributed by atoms with E-state index in [9.17, 15) is 9.90 Å². The summed E-state index contributed by atoms with van der Waals surface area (Å²) in [5.74, 6) is 0.274. The van der Waals surface area contributed by atoms with Crippen LogP contribution in [0.2, 0.25) is 5.15 Å². The maximum Gasteiger partial charge on any atom is 0.512 e. The molecule has 33 heavy (non-hydrogen) atoms. The van der Waals surface area contributed by atoms with Gasteiger partial charge >= 0.3 is 6.16 Å². The number of carbonyl (C=O) groups is 1. The van der Waals surface area contributed by atoms with E-state index in [2.05, 4.69) is 33.6 Å². The van der Waals surface area contributed by atoms with Crippen molar-refractivity contribution in [2.75, 3.05) is 0 Å². The largest absolute Gasteiger partial charge is 0.512 e. The van der Waals surface area contributed by atoms with Gasteiger partial charge in [-0.3, -0.25) is 0 Å². The van der Waals surface area contributed by atoms with Gasteiger partial charge in [-0.05, 0) is 43.0 Å². The van der Waals surface area contributed by atoms with Gasteiger partial charge in [-0.2, -0.15) is 0 Å². The van der Waals surface area contributed by atoms with Crippen LogP contribution in [0.15, 0.2) is 67.0 Å². The van der Waals surface area contributed by atoms with Gasteiger partial charge in [-0.15, -0.1) is 0 Å². The number of pyridine rings is 1. The van der Waals surface area contributed by atoms with E-state index in [1.54, 1.807) is 6.20 Å². The molecule has 0 unspecified atom stereocenters. The number of nitrogens with one attached hydrogen (secondary N) is 1. The number of halogens is 1. The lowest BCUT2D eigenvalue weighted by atomic mass is 9.97. The van der Waals surface area contributed by atoms with Gasteiger partial charge in [0.15, 0.2) is 5.15 Å². The summed E-state index contributed by atoms with van der Waals surface area (Å²) in [6, 6.07) is 18.1. The van der Waals surface area contributed by atoms with Crippen LogP contribution in [0.4, 0.5) is 4.79 Å². The molecule has 0 radical (unpaired) electrons. The third-order valence-electron chi connectivity index (χ3n) is 5.98. The third kappa shape index (κ3) is 3.94. The minimum Gasteiger partial charge on any atom is -0.449 e. The molecule has 0 saturated carbocycles. The molecule has 0 aliphatic carbocycles. The molecule has 0 bridgehead atoms. The van der Waals surface area contributed by atoms with Crippen LogP contribution in [0.5, 0.6) is 5.88 Å². The second kappa shape index (κ2) is 8.64. The van der Waals surface area contributed by atoms with E-state index in [1.807, 2.05) is 48.7 Å². The van der Waals surface area contributed by atoms with Crippen molar-refractivity contribution >= 4 is 39.6 Å². The molecule has 0 aliphatic rings. The van der Waals surface area contributed by atoms with E-state index in [4.69, 9.17) is 16.3 Å². The standard InChI is InChI=1S/C26H22ClN3O3/c1-16-6-2-3-7-18(16)19-8-4-9-20-21(25(29-22(19)20)33-26(31)32)10-5-14-30-15-12-17-11-13-28-24(27)23(17)30/h2-4,6-9,11-13,15,29H,5,10,14H2,1H3,(H,31,32). The maximum absolute atomic E-state index is 11.4. The molecular formula is C26H22ClN3O3. The van der Waals surface area contributed by atoms with Crippen molar-refractivity contribution in [1.82, 2.24) is 14.5 Å². The summed E-state index contributed by atoms with van der Waals surface area (Å²) in [6.07, 6.45) is 3.76. The van der Waals surface area contributed by atoms with Crippen LogP contribution >= 0.6 is 11.6 Å². The van der Waals surface area contributed by atoms with Gasteiger partial charge in [0, 0.05) is 40.8 Å². The van der Waals surface area contributed by atoms with Crippen LogP contribution < -0.4 is 4.74 Å². The van der Waals surface area contributed by atoms with Crippen LogP contribution in [-0.4, -0.2) is 25.8 Å². The van der Waals surface area contributed by atoms with Gasteiger partial charge in [0.25, 0.3) is 0 Å². The van der Waals surface area contributed by atoms with Crippen molar-refractivity contribution in [1.29, 1.82) is 0 Å².